The highest BCUT2D eigenvalue weighted by Gasteiger charge is 2.45. The number of benzene rings is 2. The summed E-state index contributed by atoms with van der Waals surface area (Å²) in [5.74, 6) is -2.60. The Kier molecular flexibility index (Phi) is 10.0. The summed E-state index contributed by atoms with van der Waals surface area (Å²) in [6, 6.07) is 7.62. The third kappa shape index (κ3) is 7.70. The standard InChI is InChI=1S/C32H33Cl2F5N4O5/c1-30(2,3)48-25(45)14-17-10-12-42(13-11-17)24(44)16-23-28-40-41-29(31(34,35)36)43(28)21-9-8-18(33)15-20(21)27(47-23)19-6-5-7-22(46-4)26(19)32(37,38)39/h5-9,15,17,23,27H,10-14,16H2,1-4H3/t23-,27-/m1/s1. The zero-order valence-electron chi connectivity index (χ0n) is 26.4. The van der Waals surface area contributed by atoms with Crippen molar-refractivity contribution in [3.8, 4) is 11.4 Å². The van der Waals surface area contributed by atoms with E-state index in [1.54, 1.807) is 20.8 Å². The lowest BCUT2D eigenvalue weighted by Crippen LogP contribution is -2.40. The van der Waals surface area contributed by atoms with Gasteiger partial charge < -0.3 is 19.1 Å². The predicted octanol–water partition coefficient (Wildman–Crippen LogP) is 7.76. The van der Waals surface area contributed by atoms with Crippen LogP contribution in [0.2, 0.25) is 5.02 Å². The Morgan fingerprint density at radius 2 is 1.69 bits per heavy atom. The molecular weight excluding hydrogens is 686 g/mol. The molecule has 2 aromatic carbocycles. The second-order valence-corrected chi connectivity index (χ2v) is 13.6. The molecule has 3 heterocycles. The number of ether oxygens (including phenoxy) is 3. The Balaban J connectivity index is 1.52. The van der Waals surface area contributed by atoms with E-state index in [1.165, 1.54) is 35.2 Å². The maximum absolute atomic E-state index is 14.7. The van der Waals surface area contributed by atoms with Gasteiger partial charge in [-0.1, -0.05) is 23.7 Å². The fourth-order valence-electron chi connectivity index (χ4n) is 6.08. The van der Waals surface area contributed by atoms with Crippen LogP contribution in [0.5, 0.6) is 5.75 Å². The van der Waals surface area contributed by atoms with Gasteiger partial charge in [-0.15, -0.1) is 10.2 Å². The molecule has 0 bridgehead atoms. The summed E-state index contributed by atoms with van der Waals surface area (Å²) in [5.41, 5.74) is -2.27. The maximum atomic E-state index is 14.7. The molecule has 0 unspecified atom stereocenters. The minimum Gasteiger partial charge on any atom is -0.496 e. The van der Waals surface area contributed by atoms with Gasteiger partial charge in [0, 0.05) is 35.7 Å². The van der Waals surface area contributed by atoms with E-state index < -0.39 is 64.4 Å². The van der Waals surface area contributed by atoms with Gasteiger partial charge >= 0.3 is 17.5 Å². The van der Waals surface area contributed by atoms with E-state index >= 15 is 0 Å². The fourth-order valence-corrected chi connectivity index (χ4v) is 6.38. The molecule has 1 amide bonds. The Bertz CT molecular complexity index is 1680. The van der Waals surface area contributed by atoms with Gasteiger partial charge in [-0.3, -0.25) is 14.2 Å². The van der Waals surface area contributed by atoms with Crippen molar-refractivity contribution in [3.05, 3.63) is 69.8 Å². The number of amides is 1. The summed E-state index contributed by atoms with van der Waals surface area (Å²) in [4.78, 5) is 27.6. The number of carbonyl (C=O) groups is 2. The Morgan fingerprint density at radius 3 is 2.29 bits per heavy atom. The van der Waals surface area contributed by atoms with E-state index in [0.29, 0.717) is 12.8 Å². The molecule has 9 nitrogen and oxygen atoms in total. The summed E-state index contributed by atoms with van der Waals surface area (Å²) >= 11 is 11.7. The largest absolute Gasteiger partial charge is 0.496 e. The minimum absolute atomic E-state index is 0.0212. The van der Waals surface area contributed by atoms with Crippen molar-refractivity contribution in [1.29, 1.82) is 0 Å². The molecule has 1 aromatic heterocycles. The first-order valence-electron chi connectivity index (χ1n) is 15.1. The maximum Gasteiger partial charge on any atom is 0.420 e. The van der Waals surface area contributed by atoms with Crippen LogP contribution in [-0.4, -0.2) is 57.3 Å². The van der Waals surface area contributed by atoms with Gasteiger partial charge in [-0.2, -0.15) is 22.0 Å². The smallest absolute Gasteiger partial charge is 0.420 e. The van der Waals surface area contributed by atoms with E-state index in [4.69, 9.17) is 37.4 Å². The molecule has 0 radical (unpaired) electrons. The highest BCUT2D eigenvalue weighted by Crippen LogP contribution is 2.49. The highest BCUT2D eigenvalue weighted by molar-refractivity contribution is 6.30. The van der Waals surface area contributed by atoms with Crippen LogP contribution in [0.3, 0.4) is 0 Å². The average Bonchev–Trinajstić information content (AvgIpc) is 3.39. The number of esters is 1. The summed E-state index contributed by atoms with van der Waals surface area (Å²) in [6.45, 7) is 5.88. The Labute approximate surface area is 283 Å². The van der Waals surface area contributed by atoms with Crippen molar-refractivity contribution in [1.82, 2.24) is 19.7 Å². The number of hydrogen-bond acceptors (Lipinski definition) is 7. The number of aromatic nitrogens is 3. The second-order valence-electron chi connectivity index (χ2n) is 12.7. The van der Waals surface area contributed by atoms with Crippen molar-refractivity contribution in [2.75, 3.05) is 20.2 Å². The summed E-state index contributed by atoms with van der Waals surface area (Å²) in [6.07, 6.45) is -7.25. The third-order valence-corrected chi connectivity index (χ3v) is 8.49. The molecule has 2 aliphatic heterocycles. The molecule has 3 aromatic rings. The van der Waals surface area contributed by atoms with Crippen LogP contribution < -0.4 is 4.74 Å². The number of fused-ring (bicyclic) bond motifs is 3. The van der Waals surface area contributed by atoms with Crippen molar-refractivity contribution in [2.24, 2.45) is 5.92 Å². The number of alkyl halides is 6. The number of nitrogens with zero attached hydrogens (tertiary/aromatic N) is 4. The molecule has 1 fully saturated rings. The number of carbonyl (C=O) groups excluding carboxylic acids is 2. The number of piperidine rings is 1. The van der Waals surface area contributed by atoms with E-state index in [2.05, 4.69) is 10.2 Å². The Morgan fingerprint density at radius 1 is 1.00 bits per heavy atom. The molecule has 16 heteroatoms. The van der Waals surface area contributed by atoms with E-state index in [0.717, 1.165) is 17.7 Å². The quantitative estimate of drug-likeness (QED) is 0.140. The molecule has 0 aliphatic carbocycles. The topological polar surface area (TPSA) is 95.8 Å². The molecule has 5 rings (SSSR count). The number of hydrogen-bond donors (Lipinski definition) is 0. The van der Waals surface area contributed by atoms with E-state index in [-0.39, 0.29) is 53.5 Å². The molecule has 48 heavy (non-hydrogen) atoms. The minimum atomic E-state index is -4.92. The van der Waals surface area contributed by atoms with Crippen LogP contribution in [0.25, 0.3) is 5.69 Å². The zero-order chi connectivity index (χ0) is 35.2. The predicted molar refractivity (Wildman–Crippen MR) is 164 cm³/mol. The van der Waals surface area contributed by atoms with Crippen LogP contribution in [0.1, 0.15) is 87.0 Å². The lowest BCUT2D eigenvalue weighted by Gasteiger charge is -2.33. The van der Waals surface area contributed by atoms with Crippen LogP contribution in [0.4, 0.5) is 22.0 Å². The van der Waals surface area contributed by atoms with Crippen molar-refractivity contribution < 1.29 is 45.8 Å². The number of rotatable bonds is 7. The Hall–Kier alpha value is -3.49. The molecule has 1 saturated heterocycles. The van der Waals surface area contributed by atoms with Crippen LogP contribution in [0, 0.1) is 5.92 Å². The number of likely N-dealkylation sites (tertiary alicyclic amines) is 1. The van der Waals surface area contributed by atoms with Crippen LogP contribution in [0.15, 0.2) is 36.4 Å². The number of methoxy groups -OCH3 is 1. The zero-order valence-corrected chi connectivity index (χ0v) is 27.9. The molecular formula is C32H33Cl2F5N4O5. The molecule has 2 aliphatic rings. The first kappa shape index (κ1) is 35.8. The monoisotopic (exact) mass is 718 g/mol. The van der Waals surface area contributed by atoms with Gasteiger partial charge in [0.25, 0.3) is 0 Å². The SMILES string of the molecule is COc1cccc([C@H]2O[C@H](CC(=O)N3CCC(CC(=O)OC(C)(C)C)CC3)c3nnc(C(F)(F)Cl)n3-c3ccc(Cl)cc32)c1C(F)(F)F. The summed E-state index contributed by atoms with van der Waals surface area (Å²) in [5, 5.41) is 3.53. The summed E-state index contributed by atoms with van der Waals surface area (Å²) in [7, 11) is 1.08. The van der Waals surface area contributed by atoms with Crippen molar-refractivity contribution >= 4 is 35.1 Å². The molecule has 0 spiro atoms. The van der Waals surface area contributed by atoms with Gasteiger partial charge in [0.05, 0.1) is 19.2 Å². The van der Waals surface area contributed by atoms with Crippen LogP contribution in [-0.2, 0) is 30.6 Å². The van der Waals surface area contributed by atoms with Gasteiger partial charge in [0.2, 0.25) is 11.7 Å². The molecule has 2 atom stereocenters. The van der Waals surface area contributed by atoms with Crippen molar-refractivity contribution in [3.63, 3.8) is 0 Å². The lowest BCUT2D eigenvalue weighted by atomic mass is 9.93. The molecule has 0 N–H and O–H groups in total. The third-order valence-electron chi connectivity index (χ3n) is 8.09. The van der Waals surface area contributed by atoms with Crippen LogP contribution >= 0.6 is 23.2 Å². The number of halogens is 7. The van der Waals surface area contributed by atoms with Gasteiger partial charge in [0.1, 0.15) is 29.1 Å². The van der Waals surface area contributed by atoms with Crippen molar-refractivity contribution in [2.45, 2.75) is 75.8 Å². The molecule has 260 valence electrons. The second kappa shape index (κ2) is 13.4. The van der Waals surface area contributed by atoms with E-state index in [1.807, 2.05) is 0 Å². The normalized spacial score (nSPS) is 18.9. The lowest BCUT2D eigenvalue weighted by molar-refractivity contribution is -0.156. The molecule has 0 saturated carbocycles. The van der Waals surface area contributed by atoms with Gasteiger partial charge in [-0.05, 0) is 75.4 Å². The van der Waals surface area contributed by atoms with Gasteiger partial charge in [-0.25, -0.2) is 0 Å². The fraction of sp³-hybridized carbons (Fsp3) is 0.500. The van der Waals surface area contributed by atoms with E-state index in [9.17, 15) is 31.5 Å². The first-order valence-corrected chi connectivity index (χ1v) is 15.8. The van der Waals surface area contributed by atoms with Gasteiger partial charge in [0.15, 0.2) is 5.82 Å². The highest BCUT2D eigenvalue weighted by atomic mass is 35.5. The first-order chi connectivity index (χ1) is 22.4. The summed E-state index contributed by atoms with van der Waals surface area (Å²) < 4.78 is 90.8. The average molecular weight is 720 g/mol.